The Morgan fingerprint density at radius 1 is 1.44 bits per heavy atom. The topological polar surface area (TPSA) is 33.1 Å². The Kier molecular flexibility index (Phi) is 3.16. The molecule has 0 atom stereocenters. The molecule has 1 aromatic rings. The number of hydrogen-bond acceptors (Lipinski definition) is 3. The van der Waals surface area contributed by atoms with E-state index in [-0.39, 0.29) is 0 Å². The summed E-state index contributed by atoms with van der Waals surface area (Å²) in [5.74, 6) is 0. The molecular formula is C14H24N4. The Morgan fingerprint density at radius 2 is 2.22 bits per heavy atom. The number of nitrogens with one attached hydrogen (secondary N) is 1. The lowest BCUT2D eigenvalue weighted by molar-refractivity contribution is 0.0416. The third-order valence-electron chi connectivity index (χ3n) is 4.65. The smallest absolute Gasteiger partial charge is 0.0949 e. The molecule has 2 aliphatic carbocycles. The van der Waals surface area contributed by atoms with Crippen LogP contribution >= 0.6 is 0 Å². The van der Waals surface area contributed by atoms with Crippen molar-refractivity contribution in [2.45, 2.75) is 56.8 Å². The van der Waals surface area contributed by atoms with Gasteiger partial charge in [-0.15, -0.1) is 0 Å². The Bertz CT molecular complexity index is 402. The van der Waals surface area contributed by atoms with Crippen LogP contribution < -0.4 is 5.32 Å². The van der Waals surface area contributed by atoms with Gasteiger partial charge in [0, 0.05) is 30.9 Å². The second-order valence-electron chi connectivity index (χ2n) is 6.14. The molecule has 0 bridgehead atoms. The van der Waals surface area contributed by atoms with Crippen LogP contribution in [0.2, 0.25) is 0 Å². The van der Waals surface area contributed by atoms with Crippen LogP contribution in [-0.2, 0) is 13.1 Å². The van der Waals surface area contributed by atoms with Crippen LogP contribution in [0.4, 0.5) is 0 Å². The van der Waals surface area contributed by atoms with E-state index in [1.54, 1.807) is 0 Å². The monoisotopic (exact) mass is 248 g/mol. The van der Waals surface area contributed by atoms with Crippen molar-refractivity contribution in [1.82, 2.24) is 19.8 Å². The predicted molar refractivity (Wildman–Crippen MR) is 72.4 cm³/mol. The van der Waals surface area contributed by atoms with Crippen LogP contribution in [0.25, 0.3) is 0 Å². The van der Waals surface area contributed by atoms with E-state index in [0.717, 1.165) is 19.1 Å². The molecule has 0 unspecified atom stereocenters. The highest BCUT2D eigenvalue weighted by Gasteiger charge is 2.39. The number of rotatable bonds is 6. The molecule has 2 aliphatic rings. The Morgan fingerprint density at radius 3 is 2.78 bits per heavy atom. The molecule has 2 fully saturated rings. The first-order valence-electron chi connectivity index (χ1n) is 7.09. The van der Waals surface area contributed by atoms with Gasteiger partial charge in [0.1, 0.15) is 0 Å². The minimum absolute atomic E-state index is 0.370. The SMILES string of the molecule is CN(C)C1(Cn2cncc2CNC2CC2)CCC1. The Labute approximate surface area is 109 Å². The first-order valence-corrected chi connectivity index (χ1v) is 7.09. The van der Waals surface area contributed by atoms with Gasteiger partial charge in [0.25, 0.3) is 0 Å². The molecule has 1 heterocycles. The zero-order chi connectivity index (χ0) is 12.6. The Hall–Kier alpha value is -0.870. The van der Waals surface area contributed by atoms with Crippen LogP contribution in [-0.4, -0.2) is 40.1 Å². The second-order valence-corrected chi connectivity index (χ2v) is 6.14. The van der Waals surface area contributed by atoms with Gasteiger partial charge >= 0.3 is 0 Å². The van der Waals surface area contributed by atoms with Gasteiger partial charge in [-0.05, 0) is 46.2 Å². The lowest BCUT2D eigenvalue weighted by atomic mass is 9.75. The minimum Gasteiger partial charge on any atom is -0.332 e. The number of nitrogens with zero attached hydrogens (tertiary/aromatic N) is 3. The van der Waals surface area contributed by atoms with Crippen LogP contribution in [0.3, 0.4) is 0 Å². The van der Waals surface area contributed by atoms with Gasteiger partial charge in [0.15, 0.2) is 0 Å². The molecule has 0 radical (unpaired) electrons. The van der Waals surface area contributed by atoms with Gasteiger partial charge in [-0.2, -0.15) is 0 Å². The third kappa shape index (κ3) is 2.31. The molecule has 4 heteroatoms. The zero-order valence-corrected chi connectivity index (χ0v) is 11.5. The van der Waals surface area contributed by atoms with E-state index < -0.39 is 0 Å². The average molecular weight is 248 g/mol. The van der Waals surface area contributed by atoms with E-state index in [9.17, 15) is 0 Å². The molecular weight excluding hydrogens is 224 g/mol. The van der Waals surface area contributed by atoms with Gasteiger partial charge in [-0.3, -0.25) is 0 Å². The van der Waals surface area contributed by atoms with Gasteiger partial charge in [-0.25, -0.2) is 4.98 Å². The largest absolute Gasteiger partial charge is 0.332 e. The number of likely N-dealkylation sites (N-methyl/N-ethyl adjacent to an activating group) is 1. The molecule has 0 aromatic carbocycles. The molecule has 18 heavy (non-hydrogen) atoms. The molecule has 2 saturated carbocycles. The van der Waals surface area contributed by atoms with Gasteiger partial charge in [0.05, 0.1) is 12.0 Å². The summed E-state index contributed by atoms with van der Waals surface area (Å²) in [5.41, 5.74) is 1.70. The molecule has 1 N–H and O–H groups in total. The molecule has 0 spiro atoms. The normalized spacial score (nSPS) is 22.2. The summed E-state index contributed by atoms with van der Waals surface area (Å²) in [4.78, 5) is 6.72. The van der Waals surface area contributed by atoms with Crippen molar-refractivity contribution in [3.05, 3.63) is 18.2 Å². The highest BCUT2D eigenvalue weighted by atomic mass is 15.2. The Balaban J connectivity index is 1.65. The van der Waals surface area contributed by atoms with Crippen LogP contribution in [0.15, 0.2) is 12.5 Å². The van der Waals surface area contributed by atoms with E-state index in [1.807, 2.05) is 12.5 Å². The highest BCUT2D eigenvalue weighted by molar-refractivity contribution is 5.04. The molecule has 0 saturated heterocycles. The molecule has 0 amide bonds. The van der Waals surface area contributed by atoms with E-state index in [0.29, 0.717) is 5.54 Å². The molecule has 1 aromatic heterocycles. The molecule has 0 aliphatic heterocycles. The fourth-order valence-corrected chi connectivity index (χ4v) is 2.82. The number of imidazole rings is 1. The van der Waals surface area contributed by atoms with Crippen molar-refractivity contribution >= 4 is 0 Å². The molecule has 100 valence electrons. The van der Waals surface area contributed by atoms with Crippen molar-refractivity contribution in [1.29, 1.82) is 0 Å². The minimum atomic E-state index is 0.370. The lowest BCUT2D eigenvalue weighted by Gasteiger charge is -2.47. The van der Waals surface area contributed by atoms with Crippen LogP contribution in [0.1, 0.15) is 37.8 Å². The lowest BCUT2D eigenvalue weighted by Crippen LogP contribution is -2.53. The zero-order valence-electron chi connectivity index (χ0n) is 11.5. The van der Waals surface area contributed by atoms with Crippen molar-refractivity contribution in [3.63, 3.8) is 0 Å². The van der Waals surface area contributed by atoms with E-state index >= 15 is 0 Å². The summed E-state index contributed by atoms with van der Waals surface area (Å²) in [7, 11) is 4.41. The standard InChI is InChI=1S/C14H24N4/c1-17(2)14(6-3-7-14)10-18-11-15-8-13(18)9-16-12-4-5-12/h8,11-12,16H,3-7,9-10H2,1-2H3. The fourth-order valence-electron chi connectivity index (χ4n) is 2.82. The average Bonchev–Trinajstić information content (AvgIpc) is 3.00. The summed E-state index contributed by atoms with van der Waals surface area (Å²) < 4.78 is 2.34. The maximum Gasteiger partial charge on any atom is 0.0949 e. The van der Waals surface area contributed by atoms with E-state index in [1.165, 1.54) is 37.8 Å². The number of hydrogen-bond donors (Lipinski definition) is 1. The molecule has 4 nitrogen and oxygen atoms in total. The van der Waals surface area contributed by atoms with Crippen LogP contribution in [0.5, 0.6) is 0 Å². The highest BCUT2D eigenvalue weighted by Crippen LogP contribution is 2.37. The van der Waals surface area contributed by atoms with E-state index in [4.69, 9.17) is 0 Å². The van der Waals surface area contributed by atoms with Crippen molar-refractivity contribution < 1.29 is 0 Å². The van der Waals surface area contributed by atoms with Crippen molar-refractivity contribution in [3.8, 4) is 0 Å². The fraction of sp³-hybridized carbons (Fsp3) is 0.786. The second kappa shape index (κ2) is 4.67. The van der Waals surface area contributed by atoms with Gasteiger partial charge in [0.2, 0.25) is 0 Å². The summed E-state index contributed by atoms with van der Waals surface area (Å²) in [5, 5.41) is 3.58. The van der Waals surface area contributed by atoms with Gasteiger partial charge < -0.3 is 14.8 Å². The van der Waals surface area contributed by atoms with Crippen LogP contribution in [0, 0.1) is 0 Å². The van der Waals surface area contributed by atoms with Crippen molar-refractivity contribution in [2.75, 3.05) is 14.1 Å². The summed E-state index contributed by atoms with van der Waals surface area (Å²) >= 11 is 0. The number of aromatic nitrogens is 2. The summed E-state index contributed by atoms with van der Waals surface area (Å²) in [6.45, 7) is 2.05. The van der Waals surface area contributed by atoms with Gasteiger partial charge in [-0.1, -0.05) is 0 Å². The maximum atomic E-state index is 4.33. The van der Waals surface area contributed by atoms with E-state index in [2.05, 4.69) is 33.9 Å². The molecule has 3 rings (SSSR count). The first kappa shape index (κ1) is 12.2. The predicted octanol–water partition coefficient (Wildman–Crippen LogP) is 1.62. The van der Waals surface area contributed by atoms with Crippen molar-refractivity contribution in [2.24, 2.45) is 0 Å². The third-order valence-corrected chi connectivity index (χ3v) is 4.65. The summed E-state index contributed by atoms with van der Waals surface area (Å²) in [6, 6.07) is 0.764. The maximum absolute atomic E-state index is 4.33. The quantitative estimate of drug-likeness (QED) is 0.830. The summed E-state index contributed by atoms with van der Waals surface area (Å²) in [6.07, 6.45) is 10.7. The first-order chi connectivity index (χ1) is 8.70.